The zero-order valence-electron chi connectivity index (χ0n) is 14.0. The van der Waals surface area contributed by atoms with Gasteiger partial charge in [0.2, 0.25) is 12.7 Å². The van der Waals surface area contributed by atoms with Gasteiger partial charge in [-0.25, -0.2) is 4.98 Å². The first-order valence-corrected chi connectivity index (χ1v) is 8.33. The summed E-state index contributed by atoms with van der Waals surface area (Å²) in [5.74, 6) is 0.893. The molecule has 2 heterocycles. The lowest BCUT2D eigenvalue weighted by Gasteiger charge is -2.07. The molecule has 0 saturated heterocycles. The Morgan fingerprint density at radius 3 is 2.80 bits per heavy atom. The number of carbonyl (C=O) groups is 2. The Morgan fingerprint density at radius 1 is 1.28 bits per heavy atom. The molecule has 7 nitrogen and oxygen atoms in total. The molecule has 0 radical (unpaired) electrons. The second-order valence-corrected chi connectivity index (χ2v) is 6.57. The van der Waals surface area contributed by atoms with Gasteiger partial charge in [0.05, 0.1) is 5.69 Å². The predicted octanol–water partition coefficient (Wildman–Crippen LogP) is 2.53. The number of carbonyl (C=O) groups excluding carboxylic acids is 2. The smallest absolute Gasteiger partial charge is 0.265 e. The van der Waals surface area contributed by atoms with Crippen LogP contribution in [0.5, 0.6) is 11.5 Å². The molecule has 25 heavy (non-hydrogen) atoms. The van der Waals surface area contributed by atoms with Crippen LogP contribution < -0.4 is 14.8 Å². The molecule has 8 heteroatoms. The highest BCUT2D eigenvalue weighted by Crippen LogP contribution is 2.32. The molecule has 1 aromatic heterocycles. The fraction of sp³-hybridized carbons (Fsp3) is 0.235. The Morgan fingerprint density at radius 2 is 2.04 bits per heavy atom. The van der Waals surface area contributed by atoms with Gasteiger partial charge in [-0.1, -0.05) is 17.4 Å². The van der Waals surface area contributed by atoms with Gasteiger partial charge in [0.1, 0.15) is 4.88 Å². The van der Waals surface area contributed by atoms with E-state index in [1.54, 1.807) is 39.2 Å². The van der Waals surface area contributed by atoms with Gasteiger partial charge in [0, 0.05) is 20.2 Å². The summed E-state index contributed by atoms with van der Waals surface area (Å²) in [4.78, 5) is 30.3. The Kier molecular flexibility index (Phi) is 4.71. The molecule has 2 amide bonds. The lowest BCUT2D eigenvalue weighted by Crippen LogP contribution is -2.21. The first-order chi connectivity index (χ1) is 11.9. The van der Waals surface area contributed by atoms with Crippen molar-refractivity contribution in [2.24, 2.45) is 0 Å². The third-order valence-corrected chi connectivity index (χ3v) is 4.51. The minimum Gasteiger partial charge on any atom is -0.454 e. The number of amides is 2. The van der Waals surface area contributed by atoms with Gasteiger partial charge >= 0.3 is 0 Å². The van der Waals surface area contributed by atoms with Crippen LogP contribution in [0.15, 0.2) is 24.3 Å². The van der Waals surface area contributed by atoms with E-state index in [9.17, 15) is 9.59 Å². The van der Waals surface area contributed by atoms with Gasteiger partial charge in [0.15, 0.2) is 16.6 Å². The van der Waals surface area contributed by atoms with Gasteiger partial charge in [-0.3, -0.25) is 14.9 Å². The maximum absolute atomic E-state index is 12.1. The van der Waals surface area contributed by atoms with E-state index in [-0.39, 0.29) is 18.6 Å². The van der Waals surface area contributed by atoms with Crippen LogP contribution in [0.25, 0.3) is 6.08 Å². The van der Waals surface area contributed by atoms with Crippen molar-refractivity contribution in [3.63, 3.8) is 0 Å². The van der Waals surface area contributed by atoms with Crippen LogP contribution in [0.4, 0.5) is 5.13 Å². The van der Waals surface area contributed by atoms with Crippen molar-refractivity contribution in [2.75, 3.05) is 26.2 Å². The molecule has 0 spiro atoms. The topological polar surface area (TPSA) is 80.8 Å². The molecule has 1 aliphatic rings. The fourth-order valence-electron chi connectivity index (χ4n) is 2.19. The van der Waals surface area contributed by atoms with Crippen molar-refractivity contribution in [3.05, 3.63) is 40.4 Å². The standard InChI is InChI=1S/C17H17N3O4S/c1-10-15(16(22)20(2)3)25-17(18-10)19-14(21)7-5-11-4-6-12-13(8-11)24-9-23-12/h4-8H,9H2,1-3H3,(H,18,19,21). The second-order valence-electron chi connectivity index (χ2n) is 5.57. The zero-order chi connectivity index (χ0) is 18.0. The van der Waals surface area contributed by atoms with Crippen LogP contribution in [0.3, 0.4) is 0 Å². The summed E-state index contributed by atoms with van der Waals surface area (Å²) in [5, 5.41) is 3.07. The van der Waals surface area contributed by atoms with Crippen molar-refractivity contribution in [3.8, 4) is 11.5 Å². The average Bonchev–Trinajstić information content (AvgIpc) is 3.17. The molecule has 0 bridgehead atoms. The minimum atomic E-state index is -0.324. The third-order valence-electron chi connectivity index (χ3n) is 3.45. The minimum absolute atomic E-state index is 0.133. The molecule has 1 aliphatic heterocycles. The summed E-state index contributed by atoms with van der Waals surface area (Å²) in [7, 11) is 3.35. The summed E-state index contributed by atoms with van der Waals surface area (Å²) >= 11 is 1.16. The van der Waals surface area contributed by atoms with Crippen molar-refractivity contribution in [2.45, 2.75) is 6.92 Å². The number of ether oxygens (including phenoxy) is 2. The number of aryl methyl sites for hydroxylation is 1. The van der Waals surface area contributed by atoms with Crippen molar-refractivity contribution >= 4 is 34.4 Å². The first-order valence-electron chi connectivity index (χ1n) is 7.52. The molecule has 0 unspecified atom stereocenters. The maximum atomic E-state index is 12.1. The summed E-state index contributed by atoms with van der Waals surface area (Å²) in [6.07, 6.45) is 3.07. The molecule has 1 aromatic carbocycles. The Hall–Kier alpha value is -2.87. The normalized spacial score (nSPS) is 12.4. The number of hydrogen-bond donors (Lipinski definition) is 1. The van der Waals surface area contributed by atoms with E-state index in [4.69, 9.17) is 9.47 Å². The summed E-state index contributed by atoms with van der Waals surface area (Å²) in [6, 6.07) is 5.43. The first kappa shape index (κ1) is 17.0. The van der Waals surface area contributed by atoms with Crippen LogP contribution >= 0.6 is 11.3 Å². The zero-order valence-corrected chi connectivity index (χ0v) is 14.8. The lowest BCUT2D eigenvalue weighted by atomic mass is 10.2. The maximum Gasteiger partial charge on any atom is 0.265 e. The second kappa shape index (κ2) is 6.94. The van der Waals surface area contributed by atoms with Crippen molar-refractivity contribution < 1.29 is 19.1 Å². The van der Waals surface area contributed by atoms with Crippen LogP contribution in [-0.4, -0.2) is 42.6 Å². The van der Waals surface area contributed by atoms with E-state index in [2.05, 4.69) is 10.3 Å². The molecule has 2 aromatic rings. The van der Waals surface area contributed by atoms with Crippen LogP contribution in [0.1, 0.15) is 20.9 Å². The predicted molar refractivity (Wildman–Crippen MR) is 95.1 cm³/mol. The number of nitrogens with zero attached hydrogens (tertiary/aromatic N) is 2. The molecule has 0 saturated carbocycles. The van der Waals surface area contributed by atoms with Gasteiger partial charge < -0.3 is 14.4 Å². The van der Waals surface area contributed by atoms with Gasteiger partial charge in [0.25, 0.3) is 5.91 Å². The Labute approximate surface area is 148 Å². The Bertz CT molecular complexity index is 858. The number of anilines is 1. The van der Waals surface area contributed by atoms with Crippen molar-refractivity contribution in [1.82, 2.24) is 9.88 Å². The van der Waals surface area contributed by atoms with Crippen molar-refractivity contribution in [1.29, 1.82) is 0 Å². The third kappa shape index (κ3) is 3.80. The van der Waals surface area contributed by atoms with E-state index in [1.807, 2.05) is 6.07 Å². The number of rotatable bonds is 4. The number of benzene rings is 1. The molecular formula is C17H17N3O4S. The van der Waals surface area contributed by atoms with E-state index < -0.39 is 0 Å². The quantitative estimate of drug-likeness (QED) is 0.849. The van der Waals surface area contributed by atoms with E-state index in [1.165, 1.54) is 11.0 Å². The van der Waals surface area contributed by atoms with Gasteiger partial charge in [-0.2, -0.15) is 0 Å². The molecule has 0 fully saturated rings. The van der Waals surface area contributed by atoms with E-state index in [0.717, 1.165) is 16.9 Å². The summed E-state index contributed by atoms with van der Waals surface area (Å²) < 4.78 is 10.5. The number of aromatic nitrogens is 1. The number of hydrogen-bond acceptors (Lipinski definition) is 6. The number of nitrogens with one attached hydrogen (secondary N) is 1. The number of thiazole rings is 1. The highest BCUT2D eigenvalue weighted by Gasteiger charge is 2.17. The van der Waals surface area contributed by atoms with Crippen LogP contribution in [0.2, 0.25) is 0 Å². The van der Waals surface area contributed by atoms with E-state index in [0.29, 0.717) is 27.2 Å². The fourth-order valence-corrected chi connectivity index (χ4v) is 3.18. The van der Waals surface area contributed by atoms with Gasteiger partial charge in [-0.15, -0.1) is 0 Å². The molecule has 3 rings (SSSR count). The van der Waals surface area contributed by atoms with Gasteiger partial charge in [-0.05, 0) is 30.7 Å². The highest BCUT2D eigenvalue weighted by atomic mass is 32.1. The average molecular weight is 359 g/mol. The summed E-state index contributed by atoms with van der Waals surface area (Å²) in [5.41, 5.74) is 1.41. The summed E-state index contributed by atoms with van der Waals surface area (Å²) in [6.45, 7) is 1.95. The number of fused-ring (bicyclic) bond motifs is 1. The molecule has 130 valence electrons. The molecule has 1 N–H and O–H groups in total. The highest BCUT2D eigenvalue weighted by molar-refractivity contribution is 7.17. The lowest BCUT2D eigenvalue weighted by molar-refractivity contribution is -0.111. The van der Waals surface area contributed by atoms with Crippen LogP contribution in [0, 0.1) is 6.92 Å². The molecule has 0 aliphatic carbocycles. The largest absolute Gasteiger partial charge is 0.454 e. The van der Waals surface area contributed by atoms with Crippen LogP contribution in [-0.2, 0) is 4.79 Å². The Balaban J connectivity index is 1.66. The van der Waals surface area contributed by atoms with E-state index >= 15 is 0 Å². The SMILES string of the molecule is Cc1nc(NC(=O)C=Cc2ccc3c(c2)OCO3)sc1C(=O)N(C)C. The monoisotopic (exact) mass is 359 g/mol. The molecular weight excluding hydrogens is 342 g/mol. The molecule has 0 atom stereocenters.